The van der Waals surface area contributed by atoms with Crippen molar-refractivity contribution in [2.24, 2.45) is 0 Å². The van der Waals surface area contributed by atoms with E-state index < -0.39 is 5.60 Å². The van der Waals surface area contributed by atoms with Crippen LogP contribution >= 0.6 is 11.6 Å². The summed E-state index contributed by atoms with van der Waals surface area (Å²) in [6.07, 6.45) is 6.23. The number of benzene rings is 2. The van der Waals surface area contributed by atoms with Crippen LogP contribution in [0.15, 0.2) is 66.9 Å². The molecule has 0 aliphatic carbocycles. The van der Waals surface area contributed by atoms with Crippen LogP contribution in [0.1, 0.15) is 48.6 Å². The third kappa shape index (κ3) is 6.61. The van der Waals surface area contributed by atoms with Gasteiger partial charge in [0.1, 0.15) is 31.3 Å². The molecule has 5 rings (SSSR count). The first-order chi connectivity index (χ1) is 18.9. The number of carbonyl (C=O) groups excluding carboxylic acids is 1. The second-order valence-corrected chi connectivity index (χ2v) is 10.4. The summed E-state index contributed by atoms with van der Waals surface area (Å²) in [6.45, 7) is 4.76. The predicted molar refractivity (Wildman–Crippen MR) is 150 cm³/mol. The molecule has 0 bridgehead atoms. The van der Waals surface area contributed by atoms with E-state index in [1.807, 2.05) is 48.5 Å². The number of esters is 1. The lowest BCUT2D eigenvalue weighted by molar-refractivity contribution is -0.141. The fraction of sp³-hybridized carbons (Fsp3) is 0.355. The maximum atomic E-state index is 11.2. The third-order valence-electron chi connectivity index (χ3n) is 7.30. The highest BCUT2D eigenvalue weighted by atomic mass is 35.5. The van der Waals surface area contributed by atoms with E-state index in [4.69, 9.17) is 25.8 Å². The van der Waals surface area contributed by atoms with Crippen molar-refractivity contribution < 1.29 is 24.1 Å². The minimum absolute atomic E-state index is 0.196. The summed E-state index contributed by atoms with van der Waals surface area (Å²) < 4.78 is 16.9. The molecule has 8 heteroatoms. The SMILES string of the molecule is CC(=O)OCCOc1ccc2c(c1)/C(=C/CCN1CCC(O)(c3ccc(Cl)cc3)CC1)c1cccnc1CO2. The predicted octanol–water partition coefficient (Wildman–Crippen LogP) is 5.37. The highest BCUT2D eigenvalue weighted by Crippen LogP contribution is 2.39. The Kier molecular flexibility index (Phi) is 8.50. The lowest BCUT2D eigenvalue weighted by atomic mass is 9.84. The Hall–Kier alpha value is -3.39. The fourth-order valence-electron chi connectivity index (χ4n) is 5.18. The molecule has 0 spiro atoms. The van der Waals surface area contributed by atoms with E-state index in [1.54, 1.807) is 6.20 Å². The molecular formula is C31H33ClN2O5. The van der Waals surface area contributed by atoms with Crippen LogP contribution in [0, 0.1) is 0 Å². The Morgan fingerprint density at radius 1 is 1.13 bits per heavy atom. The van der Waals surface area contributed by atoms with Gasteiger partial charge in [-0.1, -0.05) is 35.9 Å². The maximum Gasteiger partial charge on any atom is 0.302 e. The quantitative estimate of drug-likeness (QED) is 0.299. The van der Waals surface area contributed by atoms with E-state index in [1.165, 1.54) is 6.92 Å². The van der Waals surface area contributed by atoms with Gasteiger partial charge in [0.2, 0.25) is 0 Å². The number of nitrogens with zero attached hydrogens (tertiary/aromatic N) is 2. The second kappa shape index (κ2) is 12.2. The Balaban J connectivity index is 1.29. The molecular weight excluding hydrogens is 516 g/mol. The van der Waals surface area contributed by atoms with Gasteiger partial charge in [0, 0.05) is 48.9 Å². The first-order valence-electron chi connectivity index (χ1n) is 13.3. The van der Waals surface area contributed by atoms with E-state index in [9.17, 15) is 9.90 Å². The molecule has 3 heterocycles. The van der Waals surface area contributed by atoms with Gasteiger partial charge >= 0.3 is 5.97 Å². The molecule has 0 unspecified atom stereocenters. The second-order valence-electron chi connectivity index (χ2n) is 9.92. The van der Waals surface area contributed by atoms with Crippen molar-refractivity contribution in [2.45, 2.75) is 38.4 Å². The van der Waals surface area contributed by atoms with E-state index in [-0.39, 0.29) is 19.2 Å². The summed E-state index contributed by atoms with van der Waals surface area (Å²) in [5, 5.41) is 11.9. The number of ether oxygens (including phenoxy) is 3. The smallest absolute Gasteiger partial charge is 0.302 e. The zero-order valence-electron chi connectivity index (χ0n) is 22.1. The van der Waals surface area contributed by atoms with Gasteiger partial charge in [0.05, 0.1) is 11.3 Å². The van der Waals surface area contributed by atoms with Gasteiger partial charge in [-0.25, -0.2) is 0 Å². The number of halogens is 1. The summed E-state index contributed by atoms with van der Waals surface area (Å²) in [5.74, 6) is 1.13. The Morgan fingerprint density at radius 3 is 2.69 bits per heavy atom. The van der Waals surface area contributed by atoms with E-state index >= 15 is 0 Å². The molecule has 2 aliphatic rings. The number of likely N-dealkylation sites (tertiary alicyclic amines) is 1. The lowest BCUT2D eigenvalue weighted by Gasteiger charge is -2.38. The Labute approximate surface area is 234 Å². The molecule has 2 aromatic carbocycles. The van der Waals surface area contributed by atoms with Crippen molar-refractivity contribution in [1.29, 1.82) is 0 Å². The average Bonchev–Trinajstić information content (AvgIpc) is 3.09. The van der Waals surface area contributed by atoms with Gasteiger partial charge in [0.25, 0.3) is 0 Å². The molecule has 1 fully saturated rings. The highest BCUT2D eigenvalue weighted by molar-refractivity contribution is 6.30. The molecule has 0 radical (unpaired) electrons. The summed E-state index contributed by atoms with van der Waals surface area (Å²) in [5.41, 5.74) is 4.06. The lowest BCUT2D eigenvalue weighted by Crippen LogP contribution is -2.42. The zero-order chi connectivity index (χ0) is 27.2. The summed E-state index contributed by atoms with van der Waals surface area (Å²) in [6, 6.07) is 17.3. The number of carbonyl (C=O) groups is 1. The van der Waals surface area contributed by atoms with Crippen molar-refractivity contribution in [3.63, 3.8) is 0 Å². The molecule has 39 heavy (non-hydrogen) atoms. The topological polar surface area (TPSA) is 81.1 Å². The Morgan fingerprint density at radius 2 is 1.92 bits per heavy atom. The van der Waals surface area contributed by atoms with Crippen LogP contribution in [-0.4, -0.2) is 53.8 Å². The normalized spacial score (nSPS) is 17.5. The van der Waals surface area contributed by atoms with Crippen molar-refractivity contribution in [3.05, 3.63) is 94.3 Å². The van der Waals surface area contributed by atoms with Gasteiger partial charge in [-0.2, -0.15) is 0 Å². The van der Waals surface area contributed by atoms with Crippen molar-refractivity contribution >= 4 is 23.1 Å². The van der Waals surface area contributed by atoms with Crippen LogP contribution < -0.4 is 9.47 Å². The molecule has 1 saturated heterocycles. The number of aliphatic hydroxyl groups is 1. The number of pyridine rings is 1. The third-order valence-corrected chi connectivity index (χ3v) is 7.55. The van der Waals surface area contributed by atoms with Crippen molar-refractivity contribution in [3.8, 4) is 11.5 Å². The first-order valence-corrected chi connectivity index (χ1v) is 13.7. The van der Waals surface area contributed by atoms with Crippen LogP contribution in [0.25, 0.3) is 5.57 Å². The minimum atomic E-state index is -0.812. The van der Waals surface area contributed by atoms with Crippen LogP contribution in [-0.2, 0) is 21.7 Å². The standard InChI is InChI=1S/C31H33ClN2O5/c1-22(35)37-18-19-38-25-10-11-30-28(20-25)26(27-4-2-14-33-29(27)21-39-30)5-3-15-34-16-12-31(36,13-17-34)23-6-8-24(32)9-7-23/h2,4-11,14,20,36H,3,12-13,15-19,21H2,1H3/b26-5+. The average molecular weight is 549 g/mol. The number of aromatic nitrogens is 1. The number of hydrogen-bond acceptors (Lipinski definition) is 7. The zero-order valence-corrected chi connectivity index (χ0v) is 22.8. The molecule has 0 atom stereocenters. The van der Waals surface area contributed by atoms with Gasteiger partial charge in [-0.05, 0) is 66.8 Å². The summed E-state index contributed by atoms with van der Waals surface area (Å²) in [7, 11) is 0. The van der Waals surface area contributed by atoms with E-state index in [0.29, 0.717) is 30.2 Å². The number of fused-ring (bicyclic) bond motifs is 2. The van der Waals surface area contributed by atoms with Crippen LogP contribution in [0.3, 0.4) is 0 Å². The van der Waals surface area contributed by atoms with Crippen LogP contribution in [0.4, 0.5) is 0 Å². The van der Waals surface area contributed by atoms with E-state index in [2.05, 4.69) is 22.0 Å². The molecule has 0 amide bonds. The summed E-state index contributed by atoms with van der Waals surface area (Å²) in [4.78, 5) is 18.0. The molecule has 7 nitrogen and oxygen atoms in total. The van der Waals surface area contributed by atoms with Crippen LogP contribution in [0.2, 0.25) is 5.02 Å². The number of piperidine rings is 1. The van der Waals surface area contributed by atoms with Gasteiger partial charge in [-0.3, -0.25) is 9.78 Å². The van der Waals surface area contributed by atoms with Crippen molar-refractivity contribution in [2.75, 3.05) is 32.8 Å². The molecule has 1 aromatic heterocycles. The Bertz CT molecular complexity index is 1330. The first kappa shape index (κ1) is 27.2. The monoisotopic (exact) mass is 548 g/mol. The van der Waals surface area contributed by atoms with E-state index in [0.717, 1.165) is 59.8 Å². The number of hydrogen-bond donors (Lipinski definition) is 1. The largest absolute Gasteiger partial charge is 0.490 e. The fourth-order valence-corrected chi connectivity index (χ4v) is 5.30. The highest BCUT2D eigenvalue weighted by Gasteiger charge is 2.33. The molecule has 2 aliphatic heterocycles. The summed E-state index contributed by atoms with van der Waals surface area (Å²) >= 11 is 6.03. The minimum Gasteiger partial charge on any atom is -0.490 e. The molecule has 1 N–H and O–H groups in total. The van der Waals surface area contributed by atoms with Crippen molar-refractivity contribution in [1.82, 2.24) is 9.88 Å². The molecule has 204 valence electrons. The molecule has 3 aromatic rings. The number of rotatable bonds is 8. The van der Waals surface area contributed by atoms with Gasteiger partial charge in [-0.15, -0.1) is 0 Å². The maximum absolute atomic E-state index is 11.2. The van der Waals surface area contributed by atoms with Gasteiger partial charge < -0.3 is 24.2 Å². The van der Waals surface area contributed by atoms with Gasteiger partial charge in [0.15, 0.2) is 0 Å². The van der Waals surface area contributed by atoms with Crippen LogP contribution in [0.5, 0.6) is 11.5 Å². The molecule has 0 saturated carbocycles.